The fourth-order valence-electron chi connectivity index (χ4n) is 2.88. The van der Waals surface area contributed by atoms with Gasteiger partial charge in [-0.15, -0.1) is 0 Å². The fraction of sp³-hybridized carbons (Fsp3) is 0.130. The van der Waals surface area contributed by atoms with Gasteiger partial charge < -0.3 is 15.4 Å². The third kappa shape index (κ3) is 6.13. The van der Waals surface area contributed by atoms with Gasteiger partial charge in [-0.05, 0) is 48.0 Å². The number of benzene rings is 2. The van der Waals surface area contributed by atoms with E-state index in [-0.39, 0.29) is 12.3 Å². The minimum absolute atomic E-state index is 0.0404. The fourth-order valence-corrected chi connectivity index (χ4v) is 3.00. The molecule has 8 heteroatoms. The number of esters is 1. The van der Waals surface area contributed by atoms with Gasteiger partial charge in [-0.1, -0.05) is 29.8 Å². The molecule has 0 fully saturated rings. The summed E-state index contributed by atoms with van der Waals surface area (Å²) in [5.74, 6) is -1.20. The molecule has 1 atom stereocenters. The van der Waals surface area contributed by atoms with E-state index in [2.05, 4.69) is 15.6 Å². The molecule has 2 amide bonds. The van der Waals surface area contributed by atoms with E-state index < -0.39 is 17.9 Å². The largest absolute Gasteiger partial charge is 0.469 e. The van der Waals surface area contributed by atoms with Crippen LogP contribution < -0.4 is 10.6 Å². The second kappa shape index (κ2) is 10.4. The highest BCUT2D eigenvalue weighted by molar-refractivity contribution is 6.30. The van der Waals surface area contributed by atoms with Crippen molar-refractivity contribution in [1.82, 2.24) is 10.3 Å². The van der Waals surface area contributed by atoms with E-state index >= 15 is 0 Å². The molecule has 1 heterocycles. The summed E-state index contributed by atoms with van der Waals surface area (Å²) in [5.41, 5.74) is 1.90. The van der Waals surface area contributed by atoms with Gasteiger partial charge in [0, 0.05) is 28.7 Å². The lowest BCUT2D eigenvalue weighted by atomic mass is 10.0. The summed E-state index contributed by atoms with van der Waals surface area (Å²) in [7, 11) is 1.29. The monoisotopic (exact) mass is 437 g/mol. The van der Waals surface area contributed by atoms with Gasteiger partial charge >= 0.3 is 5.97 Å². The predicted molar refractivity (Wildman–Crippen MR) is 117 cm³/mol. The number of aromatic nitrogens is 1. The number of pyridine rings is 1. The molecular weight excluding hydrogens is 418 g/mol. The van der Waals surface area contributed by atoms with Gasteiger partial charge in [0.05, 0.1) is 25.1 Å². The second-order valence-electron chi connectivity index (χ2n) is 6.63. The minimum atomic E-state index is -0.606. The number of anilines is 1. The van der Waals surface area contributed by atoms with Crippen LogP contribution in [0.25, 0.3) is 0 Å². The zero-order valence-electron chi connectivity index (χ0n) is 16.7. The smallest absolute Gasteiger partial charge is 0.307 e. The summed E-state index contributed by atoms with van der Waals surface area (Å²) in [5, 5.41) is 6.12. The Hall–Kier alpha value is -3.71. The zero-order valence-corrected chi connectivity index (χ0v) is 17.4. The number of nitrogens with one attached hydrogen (secondary N) is 2. The molecule has 0 bridgehead atoms. The molecule has 7 nitrogen and oxygen atoms in total. The van der Waals surface area contributed by atoms with Gasteiger partial charge in [0.15, 0.2) is 0 Å². The Morgan fingerprint density at radius 2 is 1.74 bits per heavy atom. The van der Waals surface area contributed by atoms with Gasteiger partial charge in [-0.2, -0.15) is 0 Å². The molecule has 0 saturated carbocycles. The summed E-state index contributed by atoms with van der Waals surface area (Å²) in [6.45, 7) is 0. The van der Waals surface area contributed by atoms with Gasteiger partial charge in [0.1, 0.15) is 0 Å². The van der Waals surface area contributed by atoms with Crippen LogP contribution >= 0.6 is 11.6 Å². The van der Waals surface area contributed by atoms with Crippen molar-refractivity contribution in [3.63, 3.8) is 0 Å². The second-order valence-corrected chi connectivity index (χ2v) is 7.07. The molecule has 0 saturated heterocycles. The normalized spacial score (nSPS) is 11.3. The van der Waals surface area contributed by atoms with Crippen molar-refractivity contribution in [2.24, 2.45) is 0 Å². The molecule has 2 aromatic carbocycles. The van der Waals surface area contributed by atoms with Crippen molar-refractivity contribution >= 4 is 35.1 Å². The van der Waals surface area contributed by atoms with Gasteiger partial charge in [-0.3, -0.25) is 19.4 Å². The average Bonchev–Trinajstić information content (AvgIpc) is 2.79. The Balaban J connectivity index is 1.75. The maximum absolute atomic E-state index is 12.9. The molecular formula is C23H20ClN3O4. The van der Waals surface area contributed by atoms with Crippen molar-refractivity contribution < 1.29 is 19.1 Å². The molecule has 1 aromatic heterocycles. The molecule has 0 radical (unpaired) electrons. The summed E-state index contributed by atoms with van der Waals surface area (Å²) >= 11 is 5.94. The first-order valence-corrected chi connectivity index (χ1v) is 9.78. The number of rotatable bonds is 7. The number of hydrogen-bond acceptors (Lipinski definition) is 5. The van der Waals surface area contributed by atoms with E-state index in [1.165, 1.54) is 13.3 Å². The van der Waals surface area contributed by atoms with Crippen LogP contribution in [0, 0.1) is 0 Å². The van der Waals surface area contributed by atoms with Crippen LogP contribution in [-0.2, 0) is 9.53 Å². The number of nitrogens with zero attached hydrogens (tertiary/aromatic N) is 1. The SMILES string of the molecule is COC(=O)CC(NC(=O)c1cccc(NC(=O)c2cccnc2)c1)c1ccc(Cl)cc1. The Bertz CT molecular complexity index is 1070. The number of halogens is 1. The van der Waals surface area contributed by atoms with E-state index in [1.54, 1.807) is 66.9 Å². The molecule has 0 spiro atoms. The lowest BCUT2D eigenvalue weighted by molar-refractivity contribution is -0.141. The van der Waals surface area contributed by atoms with Crippen molar-refractivity contribution in [1.29, 1.82) is 0 Å². The topological polar surface area (TPSA) is 97.4 Å². The highest BCUT2D eigenvalue weighted by Gasteiger charge is 2.20. The summed E-state index contributed by atoms with van der Waals surface area (Å²) in [4.78, 5) is 40.9. The summed E-state index contributed by atoms with van der Waals surface area (Å²) < 4.78 is 4.75. The minimum Gasteiger partial charge on any atom is -0.469 e. The third-order valence-electron chi connectivity index (χ3n) is 4.48. The first kappa shape index (κ1) is 22.0. The number of methoxy groups -OCH3 is 1. The predicted octanol–water partition coefficient (Wildman–Crippen LogP) is 4.02. The standard InChI is InChI=1S/C23H20ClN3O4/c1-31-21(28)13-20(15-7-9-18(24)10-8-15)27-22(29)16-4-2-6-19(12-16)26-23(30)17-5-3-11-25-14-17/h2-12,14,20H,13H2,1H3,(H,26,30)(H,27,29). The Morgan fingerprint density at radius 1 is 1.00 bits per heavy atom. The quantitative estimate of drug-likeness (QED) is 0.544. The van der Waals surface area contributed by atoms with Crippen LogP contribution in [0.3, 0.4) is 0 Å². The highest BCUT2D eigenvalue weighted by Crippen LogP contribution is 2.21. The number of amides is 2. The average molecular weight is 438 g/mol. The number of ether oxygens (including phenoxy) is 1. The Labute approximate surface area is 184 Å². The first-order chi connectivity index (χ1) is 15.0. The molecule has 31 heavy (non-hydrogen) atoms. The van der Waals surface area contributed by atoms with Crippen LogP contribution in [0.1, 0.15) is 38.7 Å². The molecule has 0 aliphatic heterocycles. The van der Waals surface area contributed by atoms with Crippen LogP contribution in [0.2, 0.25) is 5.02 Å². The summed E-state index contributed by atoms with van der Waals surface area (Å²) in [6.07, 6.45) is 2.99. The summed E-state index contributed by atoms with van der Waals surface area (Å²) in [6, 6.07) is 16.0. The van der Waals surface area contributed by atoms with Crippen LogP contribution in [0.5, 0.6) is 0 Å². The maximum Gasteiger partial charge on any atom is 0.307 e. The Morgan fingerprint density at radius 3 is 2.42 bits per heavy atom. The molecule has 158 valence electrons. The number of hydrogen-bond donors (Lipinski definition) is 2. The lowest BCUT2D eigenvalue weighted by Gasteiger charge is -2.18. The lowest BCUT2D eigenvalue weighted by Crippen LogP contribution is -2.30. The van der Waals surface area contributed by atoms with Crippen LogP contribution in [0.4, 0.5) is 5.69 Å². The molecule has 1 unspecified atom stereocenters. The van der Waals surface area contributed by atoms with Crippen LogP contribution in [0.15, 0.2) is 73.1 Å². The third-order valence-corrected chi connectivity index (χ3v) is 4.73. The molecule has 3 aromatic rings. The first-order valence-electron chi connectivity index (χ1n) is 9.41. The van der Waals surface area contributed by atoms with Crippen molar-refractivity contribution in [3.05, 3.63) is 94.8 Å². The number of carbonyl (C=O) groups excluding carboxylic acids is 3. The molecule has 0 aliphatic rings. The highest BCUT2D eigenvalue weighted by atomic mass is 35.5. The molecule has 2 N–H and O–H groups in total. The van der Waals surface area contributed by atoms with E-state index in [0.717, 1.165) is 0 Å². The van der Waals surface area contributed by atoms with Crippen molar-refractivity contribution in [2.75, 3.05) is 12.4 Å². The van der Waals surface area contributed by atoms with Crippen molar-refractivity contribution in [3.8, 4) is 0 Å². The van der Waals surface area contributed by atoms with E-state index in [4.69, 9.17) is 16.3 Å². The van der Waals surface area contributed by atoms with Gasteiger partial charge in [0.2, 0.25) is 0 Å². The van der Waals surface area contributed by atoms with Crippen LogP contribution in [-0.4, -0.2) is 29.9 Å². The maximum atomic E-state index is 12.9. The molecule has 3 rings (SSSR count). The Kier molecular flexibility index (Phi) is 7.35. The number of carbonyl (C=O) groups is 3. The van der Waals surface area contributed by atoms with E-state index in [1.807, 2.05) is 0 Å². The van der Waals surface area contributed by atoms with E-state index in [9.17, 15) is 14.4 Å². The van der Waals surface area contributed by atoms with E-state index in [0.29, 0.717) is 27.4 Å². The van der Waals surface area contributed by atoms with Gasteiger partial charge in [0.25, 0.3) is 11.8 Å². The van der Waals surface area contributed by atoms with Crippen molar-refractivity contribution in [2.45, 2.75) is 12.5 Å². The zero-order chi connectivity index (χ0) is 22.2. The molecule has 0 aliphatic carbocycles. The van der Waals surface area contributed by atoms with Gasteiger partial charge in [-0.25, -0.2) is 0 Å².